The lowest BCUT2D eigenvalue weighted by Gasteiger charge is -2.57. The van der Waals surface area contributed by atoms with Crippen LogP contribution in [0.3, 0.4) is 0 Å². The molecule has 2 aromatic heterocycles. The molecule has 0 unspecified atom stereocenters. The number of rotatable bonds is 6. The molecule has 4 heterocycles. The number of nitrogens with zero attached hydrogens (tertiary/aromatic N) is 6. The first kappa shape index (κ1) is 23.4. The number of hydrogen-bond acceptors (Lipinski definition) is 7. The number of piperazine rings is 1. The fourth-order valence-corrected chi connectivity index (χ4v) is 8.46. The summed E-state index contributed by atoms with van der Waals surface area (Å²) < 4.78 is 0. The van der Waals surface area contributed by atoms with Gasteiger partial charge in [-0.2, -0.15) is 0 Å². The number of carbonyl (C=O) groups excluding carboxylic acids is 1. The molecular weight excluding hydrogens is 462 g/mol. The van der Waals surface area contributed by atoms with Crippen molar-refractivity contribution in [2.75, 3.05) is 56.0 Å². The Labute approximate surface area is 219 Å². The molecule has 0 atom stereocenters. The van der Waals surface area contributed by atoms with Crippen LogP contribution in [0.5, 0.6) is 0 Å². The molecule has 2 aromatic rings. The highest BCUT2D eigenvalue weighted by Crippen LogP contribution is 2.59. The Morgan fingerprint density at radius 3 is 2.41 bits per heavy atom. The van der Waals surface area contributed by atoms with E-state index in [1.54, 1.807) is 6.33 Å². The largest absolute Gasteiger partial charge is 0.369 e. The van der Waals surface area contributed by atoms with E-state index in [-0.39, 0.29) is 5.91 Å². The maximum absolute atomic E-state index is 13.2. The summed E-state index contributed by atoms with van der Waals surface area (Å²) in [6.07, 6.45) is 13.0. The van der Waals surface area contributed by atoms with E-state index in [9.17, 15) is 4.79 Å². The highest BCUT2D eigenvalue weighted by molar-refractivity contribution is 5.78. The van der Waals surface area contributed by atoms with Gasteiger partial charge in [-0.05, 0) is 80.2 Å². The Hall–Kier alpha value is -2.74. The minimum atomic E-state index is 0.207. The molecule has 0 aromatic carbocycles. The van der Waals surface area contributed by atoms with E-state index in [4.69, 9.17) is 0 Å². The molecule has 8 heteroatoms. The lowest BCUT2D eigenvalue weighted by atomic mass is 9.49. The summed E-state index contributed by atoms with van der Waals surface area (Å²) in [5, 5.41) is 3.78. The molecule has 6 aliphatic rings. The van der Waals surface area contributed by atoms with Gasteiger partial charge in [-0.15, -0.1) is 0 Å². The Balaban J connectivity index is 0.943. The molecule has 8 rings (SSSR count). The minimum absolute atomic E-state index is 0.207. The standard InChI is InChI=1S/C29H39N7O/c37-27(18-34-7-9-35(10-8-34)26-3-1-2-5-30-26)36-6-4-24-25(17-36)32-20-33-28(24)31-19-29-14-21-11-22(15-29)13-23(12-21)16-29/h1-3,5,20-23H,4,6-19H2,(H,31,32,33). The first-order valence-electron chi connectivity index (χ1n) is 14.4. The number of amides is 1. The lowest BCUT2D eigenvalue weighted by molar-refractivity contribution is -0.133. The molecule has 4 bridgehead atoms. The topological polar surface area (TPSA) is 77.5 Å². The van der Waals surface area contributed by atoms with Gasteiger partial charge in [0.05, 0.1) is 18.8 Å². The third-order valence-electron chi connectivity index (χ3n) is 9.86. The molecule has 4 aliphatic carbocycles. The van der Waals surface area contributed by atoms with Crippen LogP contribution in [0.1, 0.15) is 49.8 Å². The van der Waals surface area contributed by atoms with Crippen molar-refractivity contribution in [2.45, 2.75) is 51.5 Å². The van der Waals surface area contributed by atoms with E-state index in [2.05, 4.69) is 36.1 Å². The van der Waals surface area contributed by atoms with E-state index in [1.165, 1.54) is 44.1 Å². The molecule has 5 fully saturated rings. The van der Waals surface area contributed by atoms with Gasteiger partial charge < -0.3 is 15.1 Å². The van der Waals surface area contributed by atoms with Crippen LogP contribution < -0.4 is 10.2 Å². The fourth-order valence-electron chi connectivity index (χ4n) is 8.46. The van der Waals surface area contributed by atoms with Crippen LogP contribution >= 0.6 is 0 Å². The summed E-state index contributed by atoms with van der Waals surface area (Å²) in [5.74, 6) is 5.13. The van der Waals surface area contributed by atoms with E-state index in [0.717, 1.165) is 80.8 Å². The van der Waals surface area contributed by atoms with Crippen molar-refractivity contribution >= 4 is 17.5 Å². The SMILES string of the molecule is O=C(CN1CCN(c2ccccn2)CC1)N1CCc2c(ncnc2NCC23CC4CC(CC(C4)C2)C3)C1. The summed E-state index contributed by atoms with van der Waals surface area (Å²) in [6, 6.07) is 6.03. The van der Waals surface area contributed by atoms with Crippen LogP contribution in [0, 0.1) is 23.2 Å². The fraction of sp³-hybridized carbons (Fsp3) is 0.655. The van der Waals surface area contributed by atoms with Gasteiger partial charge in [-0.3, -0.25) is 9.69 Å². The first-order chi connectivity index (χ1) is 18.1. The number of nitrogens with one attached hydrogen (secondary N) is 1. The predicted molar refractivity (Wildman–Crippen MR) is 143 cm³/mol. The highest BCUT2D eigenvalue weighted by atomic mass is 16.2. The van der Waals surface area contributed by atoms with Gasteiger partial charge >= 0.3 is 0 Å². The van der Waals surface area contributed by atoms with E-state index in [0.29, 0.717) is 18.5 Å². The monoisotopic (exact) mass is 501 g/mol. The van der Waals surface area contributed by atoms with Crippen molar-refractivity contribution in [2.24, 2.45) is 23.2 Å². The highest BCUT2D eigenvalue weighted by Gasteiger charge is 2.50. The van der Waals surface area contributed by atoms with Crippen molar-refractivity contribution in [3.63, 3.8) is 0 Å². The molecule has 37 heavy (non-hydrogen) atoms. The molecule has 1 amide bonds. The molecule has 0 spiro atoms. The number of carbonyl (C=O) groups is 1. The van der Waals surface area contributed by atoms with Crippen LogP contribution in [0.4, 0.5) is 11.6 Å². The van der Waals surface area contributed by atoms with E-state index < -0.39 is 0 Å². The zero-order chi connectivity index (χ0) is 24.8. The van der Waals surface area contributed by atoms with Crippen molar-refractivity contribution in [1.29, 1.82) is 0 Å². The zero-order valence-corrected chi connectivity index (χ0v) is 21.8. The summed E-state index contributed by atoms with van der Waals surface area (Å²) in [6.45, 7) is 6.44. The van der Waals surface area contributed by atoms with Crippen LogP contribution in [0.2, 0.25) is 0 Å². The number of anilines is 2. The van der Waals surface area contributed by atoms with Crippen LogP contribution in [-0.4, -0.2) is 76.5 Å². The molecule has 8 nitrogen and oxygen atoms in total. The van der Waals surface area contributed by atoms with Gasteiger partial charge in [-0.1, -0.05) is 6.07 Å². The molecule has 1 N–H and O–H groups in total. The average molecular weight is 502 g/mol. The predicted octanol–water partition coefficient (Wildman–Crippen LogP) is 3.21. The van der Waals surface area contributed by atoms with E-state index >= 15 is 0 Å². The Morgan fingerprint density at radius 1 is 0.946 bits per heavy atom. The second-order valence-electron chi connectivity index (χ2n) is 12.4. The Bertz CT molecular complexity index is 1100. The minimum Gasteiger partial charge on any atom is -0.369 e. The van der Waals surface area contributed by atoms with Gasteiger partial charge in [0.15, 0.2) is 0 Å². The lowest BCUT2D eigenvalue weighted by Crippen LogP contribution is -2.51. The molecule has 1 saturated heterocycles. The average Bonchev–Trinajstić information content (AvgIpc) is 2.92. The summed E-state index contributed by atoms with van der Waals surface area (Å²) in [5.41, 5.74) is 2.71. The summed E-state index contributed by atoms with van der Waals surface area (Å²) in [4.78, 5) is 33.5. The van der Waals surface area contributed by atoms with Gasteiger partial charge in [0.25, 0.3) is 0 Å². The number of aromatic nitrogens is 3. The van der Waals surface area contributed by atoms with Crippen LogP contribution in [0.15, 0.2) is 30.7 Å². The number of fused-ring (bicyclic) bond motifs is 1. The molecular formula is C29H39N7O. The summed E-state index contributed by atoms with van der Waals surface area (Å²) in [7, 11) is 0. The second-order valence-corrected chi connectivity index (χ2v) is 12.4. The first-order valence-corrected chi connectivity index (χ1v) is 14.4. The van der Waals surface area contributed by atoms with Crippen molar-refractivity contribution in [3.8, 4) is 0 Å². The molecule has 4 saturated carbocycles. The van der Waals surface area contributed by atoms with Crippen molar-refractivity contribution in [1.82, 2.24) is 24.8 Å². The maximum Gasteiger partial charge on any atom is 0.237 e. The number of pyridine rings is 1. The molecule has 0 radical (unpaired) electrons. The van der Waals surface area contributed by atoms with Crippen LogP contribution in [-0.2, 0) is 17.8 Å². The van der Waals surface area contributed by atoms with Crippen LogP contribution in [0.25, 0.3) is 0 Å². The smallest absolute Gasteiger partial charge is 0.237 e. The quantitative estimate of drug-likeness (QED) is 0.651. The molecule has 2 aliphatic heterocycles. The summed E-state index contributed by atoms with van der Waals surface area (Å²) >= 11 is 0. The van der Waals surface area contributed by atoms with Crippen molar-refractivity contribution in [3.05, 3.63) is 42.0 Å². The number of hydrogen-bond donors (Lipinski definition) is 1. The Morgan fingerprint density at radius 2 is 1.70 bits per heavy atom. The van der Waals surface area contributed by atoms with Gasteiger partial charge in [0, 0.05) is 51.0 Å². The van der Waals surface area contributed by atoms with E-state index in [1.807, 2.05) is 23.2 Å². The van der Waals surface area contributed by atoms with Crippen molar-refractivity contribution < 1.29 is 4.79 Å². The van der Waals surface area contributed by atoms with Gasteiger partial charge in [-0.25, -0.2) is 15.0 Å². The van der Waals surface area contributed by atoms with Gasteiger partial charge in [0.2, 0.25) is 5.91 Å². The Kier molecular flexibility index (Phi) is 6.02. The molecule has 196 valence electrons. The normalized spacial score (nSPS) is 30.9. The second kappa shape index (κ2) is 9.53. The van der Waals surface area contributed by atoms with Gasteiger partial charge in [0.1, 0.15) is 18.0 Å². The third kappa shape index (κ3) is 4.69. The third-order valence-corrected chi connectivity index (χ3v) is 9.86. The zero-order valence-electron chi connectivity index (χ0n) is 21.8. The maximum atomic E-state index is 13.2.